The maximum Gasteiger partial charge on any atom is 0.236 e. The van der Waals surface area contributed by atoms with E-state index in [4.69, 9.17) is 10.2 Å². The van der Waals surface area contributed by atoms with E-state index < -0.39 is 6.04 Å². The van der Waals surface area contributed by atoms with Crippen molar-refractivity contribution in [3.63, 3.8) is 0 Å². The molecule has 1 aromatic heterocycles. The van der Waals surface area contributed by atoms with Crippen LogP contribution in [0.2, 0.25) is 0 Å². The van der Waals surface area contributed by atoms with E-state index in [9.17, 15) is 4.79 Å². The zero-order valence-corrected chi connectivity index (χ0v) is 10.3. The minimum absolute atomic E-state index is 0.0828. The lowest BCUT2D eigenvalue weighted by molar-refractivity contribution is -0.122. The number of carbonyl (C=O) groups excluding carboxylic acids is 1. The lowest BCUT2D eigenvalue weighted by Crippen LogP contribution is -2.41. The van der Waals surface area contributed by atoms with Gasteiger partial charge in [0.15, 0.2) is 0 Å². The highest BCUT2D eigenvalue weighted by Gasteiger charge is 2.11. The lowest BCUT2D eigenvalue weighted by atomic mass is 10.2. The van der Waals surface area contributed by atoms with Gasteiger partial charge in [-0.05, 0) is 30.6 Å². The second-order valence-electron chi connectivity index (χ2n) is 3.51. The maximum absolute atomic E-state index is 11.5. The number of carbonyl (C=O) groups is 1. The summed E-state index contributed by atoms with van der Waals surface area (Å²) in [4.78, 5) is 11.5. The van der Waals surface area contributed by atoms with E-state index >= 15 is 0 Å². The van der Waals surface area contributed by atoms with Crippen LogP contribution in [0.4, 0.5) is 0 Å². The van der Waals surface area contributed by atoms with Crippen LogP contribution >= 0.6 is 11.8 Å². The van der Waals surface area contributed by atoms with Crippen LogP contribution in [-0.2, 0) is 11.2 Å². The molecule has 16 heavy (non-hydrogen) atoms. The summed E-state index contributed by atoms with van der Waals surface area (Å²) >= 11 is 1.69. The van der Waals surface area contributed by atoms with Crippen molar-refractivity contribution in [2.75, 3.05) is 18.6 Å². The summed E-state index contributed by atoms with van der Waals surface area (Å²) in [7, 11) is 0. The molecule has 1 heterocycles. The van der Waals surface area contributed by atoms with Gasteiger partial charge in [-0.3, -0.25) is 4.79 Å². The smallest absolute Gasteiger partial charge is 0.236 e. The van der Waals surface area contributed by atoms with Gasteiger partial charge >= 0.3 is 0 Å². The molecule has 0 saturated heterocycles. The SMILES string of the molecule is CSCC[C@H](N)C(=O)NCCc1ccco1. The van der Waals surface area contributed by atoms with Crippen molar-refractivity contribution < 1.29 is 9.21 Å². The van der Waals surface area contributed by atoms with Crippen LogP contribution < -0.4 is 11.1 Å². The molecular formula is C11H18N2O2S. The Morgan fingerprint density at radius 3 is 3.12 bits per heavy atom. The number of thioether (sulfide) groups is 1. The summed E-state index contributed by atoms with van der Waals surface area (Å²) in [5.41, 5.74) is 5.71. The first kappa shape index (κ1) is 13.1. The molecule has 0 saturated carbocycles. The molecule has 1 atom stereocenters. The van der Waals surface area contributed by atoms with E-state index in [1.807, 2.05) is 18.4 Å². The van der Waals surface area contributed by atoms with Crippen LogP contribution in [-0.4, -0.2) is 30.5 Å². The fourth-order valence-electron chi connectivity index (χ4n) is 1.27. The zero-order valence-electron chi connectivity index (χ0n) is 9.44. The third-order valence-corrected chi connectivity index (χ3v) is 2.86. The number of rotatable bonds is 7. The lowest BCUT2D eigenvalue weighted by Gasteiger charge is -2.10. The van der Waals surface area contributed by atoms with Crippen molar-refractivity contribution in [3.8, 4) is 0 Å². The third-order valence-electron chi connectivity index (χ3n) is 2.22. The number of nitrogens with two attached hydrogens (primary N) is 1. The first-order valence-electron chi connectivity index (χ1n) is 5.28. The number of hydrogen-bond donors (Lipinski definition) is 2. The number of hydrogen-bond acceptors (Lipinski definition) is 4. The van der Waals surface area contributed by atoms with E-state index in [0.29, 0.717) is 19.4 Å². The van der Waals surface area contributed by atoms with E-state index in [1.165, 1.54) is 0 Å². The monoisotopic (exact) mass is 242 g/mol. The minimum Gasteiger partial charge on any atom is -0.469 e. The van der Waals surface area contributed by atoms with Crippen LogP contribution in [0.5, 0.6) is 0 Å². The molecule has 0 spiro atoms. The molecule has 1 aromatic rings. The van der Waals surface area contributed by atoms with Crippen molar-refractivity contribution in [2.24, 2.45) is 5.73 Å². The third kappa shape index (κ3) is 4.72. The summed E-state index contributed by atoms with van der Waals surface area (Å²) in [5, 5.41) is 2.80. The first-order chi connectivity index (χ1) is 7.74. The van der Waals surface area contributed by atoms with Gasteiger partial charge in [-0.2, -0.15) is 11.8 Å². The van der Waals surface area contributed by atoms with Crippen molar-refractivity contribution >= 4 is 17.7 Å². The van der Waals surface area contributed by atoms with Crippen LogP contribution in [0.15, 0.2) is 22.8 Å². The van der Waals surface area contributed by atoms with E-state index in [0.717, 1.165) is 11.5 Å². The van der Waals surface area contributed by atoms with Gasteiger partial charge in [-0.1, -0.05) is 0 Å². The van der Waals surface area contributed by atoms with Gasteiger partial charge < -0.3 is 15.5 Å². The summed E-state index contributed by atoms with van der Waals surface area (Å²) < 4.78 is 5.15. The molecule has 90 valence electrons. The zero-order chi connectivity index (χ0) is 11.8. The molecule has 0 unspecified atom stereocenters. The molecule has 4 nitrogen and oxygen atoms in total. The molecule has 0 aromatic carbocycles. The molecule has 0 fully saturated rings. The van der Waals surface area contributed by atoms with Crippen molar-refractivity contribution in [3.05, 3.63) is 24.2 Å². The Bertz CT molecular complexity index is 301. The fraction of sp³-hybridized carbons (Fsp3) is 0.545. The minimum atomic E-state index is -0.399. The Labute approximate surface area is 100.0 Å². The Kier molecular flexibility index (Phi) is 6.03. The molecule has 3 N–H and O–H groups in total. The van der Waals surface area contributed by atoms with Crippen molar-refractivity contribution in [2.45, 2.75) is 18.9 Å². The highest BCUT2D eigenvalue weighted by Crippen LogP contribution is 2.00. The van der Waals surface area contributed by atoms with Crippen LogP contribution in [0.3, 0.4) is 0 Å². The second kappa shape index (κ2) is 7.35. The predicted molar refractivity (Wildman–Crippen MR) is 66.4 cm³/mol. The predicted octanol–water partition coefficient (Wildman–Crippen LogP) is 1.02. The highest BCUT2D eigenvalue weighted by atomic mass is 32.2. The van der Waals surface area contributed by atoms with Gasteiger partial charge in [0.25, 0.3) is 0 Å². The van der Waals surface area contributed by atoms with Gasteiger partial charge in [0.1, 0.15) is 5.76 Å². The average Bonchev–Trinajstić information content (AvgIpc) is 2.78. The second-order valence-corrected chi connectivity index (χ2v) is 4.49. The summed E-state index contributed by atoms with van der Waals surface area (Å²) in [6.45, 7) is 0.569. The average molecular weight is 242 g/mol. The molecular weight excluding hydrogens is 224 g/mol. The van der Waals surface area contributed by atoms with Gasteiger partial charge in [-0.25, -0.2) is 0 Å². The first-order valence-corrected chi connectivity index (χ1v) is 6.68. The van der Waals surface area contributed by atoms with Crippen LogP contribution in [0.25, 0.3) is 0 Å². The standard InChI is InChI=1S/C11H18N2O2S/c1-16-8-5-10(12)11(14)13-6-4-9-3-2-7-15-9/h2-3,7,10H,4-6,8,12H2,1H3,(H,13,14)/t10-/m0/s1. The molecule has 5 heteroatoms. The van der Waals surface area contributed by atoms with Gasteiger partial charge in [0.2, 0.25) is 5.91 Å². The van der Waals surface area contributed by atoms with E-state index in [-0.39, 0.29) is 5.91 Å². The Hall–Kier alpha value is -0.940. The quantitative estimate of drug-likeness (QED) is 0.749. The fourth-order valence-corrected chi connectivity index (χ4v) is 1.76. The van der Waals surface area contributed by atoms with Gasteiger partial charge in [-0.15, -0.1) is 0 Å². The molecule has 0 aliphatic heterocycles. The molecule has 0 aliphatic rings. The Morgan fingerprint density at radius 2 is 2.50 bits per heavy atom. The van der Waals surface area contributed by atoms with Crippen LogP contribution in [0.1, 0.15) is 12.2 Å². The van der Waals surface area contributed by atoms with E-state index in [1.54, 1.807) is 18.0 Å². The molecule has 1 amide bonds. The number of furan rings is 1. The van der Waals surface area contributed by atoms with Crippen LogP contribution in [0, 0.1) is 0 Å². The number of nitrogens with one attached hydrogen (secondary N) is 1. The molecule has 0 radical (unpaired) electrons. The molecule has 0 aliphatic carbocycles. The Balaban J connectivity index is 2.14. The molecule has 0 bridgehead atoms. The topological polar surface area (TPSA) is 68.3 Å². The van der Waals surface area contributed by atoms with Gasteiger partial charge in [0, 0.05) is 13.0 Å². The van der Waals surface area contributed by atoms with Crippen molar-refractivity contribution in [1.82, 2.24) is 5.32 Å². The normalized spacial score (nSPS) is 12.4. The maximum atomic E-state index is 11.5. The molecule has 1 rings (SSSR count). The summed E-state index contributed by atoms with van der Waals surface area (Å²) in [5.74, 6) is 1.70. The number of amides is 1. The summed E-state index contributed by atoms with van der Waals surface area (Å²) in [6.07, 6.45) is 5.05. The van der Waals surface area contributed by atoms with Gasteiger partial charge in [0.05, 0.1) is 12.3 Å². The Morgan fingerprint density at radius 1 is 1.69 bits per heavy atom. The van der Waals surface area contributed by atoms with E-state index in [2.05, 4.69) is 5.32 Å². The van der Waals surface area contributed by atoms with Crippen molar-refractivity contribution in [1.29, 1.82) is 0 Å². The summed E-state index contributed by atoms with van der Waals surface area (Å²) in [6, 6.07) is 3.32. The highest BCUT2D eigenvalue weighted by molar-refractivity contribution is 7.98. The largest absolute Gasteiger partial charge is 0.469 e.